The van der Waals surface area contributed by atoms with Crippen LogP contribution in [-0.4, -0.2) is 71.5 Å². The van der Waals surface area contributed by atoms with Crippen molar-refractivity contribution in [3.05, 3.63) is 304 Å². The molecular formula is C87H81Ir5N8O8S5-5. The Hall–Kier alpha value is -8.47. The van der Waals surface area contributed by atoms with E-state index in [0.29, 0.717) is 0 Å². The minimum atomic E-state index is -0.125. The zero-order valence-corrected chi connectivity index (χ0v) is 79.7. The third-order valence-electron chi connectivity index (χ3n) is 15.4. The zero-order valence-electron chi connectivity index (χ0n) is 63.7. The molecule has 0 amide bonds. The average molecular weight is 2490 g/mol. The fourth-order valence-electron chi connectivity index (χ4n) is 10.4. The van der Waals surface area contributed by atoms with Crippen molar-refractivity contribution in [2.24, 2.45) is 21.1 Å². The topological polar surface area (TPSA) is 217 Å². The number of hydrogen-bond acceptors (Lipinski definition) is 18. The van der Waals surface area contributed by atoms with E-state index in [1.807, 2.05) is 126 Å². The summed E-state index contributed by atoms with van der Waals surface area (Å²) in [6, 6.07) is 66.7. The second-order valence-electron chi connectivity index (χ2n) is 24.0. The van der Waals surface area contributed by atoms with Gasteiger partial charge in [0.1, 0.15) is 0 Å². The fraction of sp³-hybridized carbons (Fsp3) is 0.149. The molecule has 10 heterocycles. The van der Waals surface area contributed by atoms with Crippen LogP contribution in [0.25, 0.3) is 110 Å². The molecule has 0 spiro atoms. The van der Waals surface area contributed by atoms with Crippen LogP contribution in [0.15, 0.2) is 261 Å². The predicted molar refractivity (Wildman–Crippen MR) is 441 cm³/mol. The van der Waals surface area contributed by atoms with Crippen molar-refractivity contribution in [1.82, 2.24) is 38.9 Å². The van der Waals surface area contributed by atoms with Gasteiger partial charge in [0.25, 0.3) is 0 Å². The number of aryl methyl sites for hydroxylation is 6. The minimum Gasteiger partial charge on any atom is -0.540 e. The molecular weight excluding hydrogens is 2410 g/mol. The van der Waals surface area contributed by atoms with Crippen LogP contribution in [0.2, 0.25) is 0 Å². The largest absolute Gasteiger partial charge is 0.540 e. The molecule has 0 fully saturated rings. The summed E-state index contributed by atoms with van der Waals surface area (Å²) in [5, 5.41) is 39.1. The van der Waals surface area contributed by atoms with Gasteiger partial charge in [-0.1, -0.05) is 232 Å². The van der Waals surface area contributed by atoms with E-state index in [1.54, 1.807) is 69.2 Å². The number of thiazole rings is 2. The molecule has 0 unspecified atom stereocenters. The van der Waals surface area contributed by atoms with Crippen LogP contribution in [-0.2, 0) is 136 Å². The number of oxazole rings is 1. The van der Waals surface area contributed by atoms with Crippen LogP contribution >= 0.6 is 56.7 Å². The summed E-state index contributed by atoms with van der Waals surface area (Å²) in [6.07, 6.45) is 12.0. The number of imidazole rings is 1. The summed E-state index contributed by atoms with van der Waals surface area (Å²) < 4.78 is 16.3. The van der Waals surface area contributed by atoms with Crippen molar-refractivity contribution in [1.29, 1.82) is 0 Å². The van der Waals surface area contributed by atoms with Crippen LogP contribution in [0.3, 0.4) is 0 Å². The van der Waals surface area contributed by atoms with Crippen LogP contribution in [0.5, 0.6) is 0 Å². The molecule has 5 radical (unpaired) electrons. The van der Waals surface area contributed by atoms with Gasteiger partial charge in [-0.15, -0.1) is 67.0 Å². The van der Waals surface area contributed by atoms with Crippen molar-refractivity contribution in [2.45, 2.75) is 69.2 Å². The van der Waals surface area contributed by atoms with Gasteiger partial charge in [0.15, 0.2) is 23.7 Å². The average Bonchev–Trinajstić information content (AvgIpc) is 1.60. The standard InChI is InChI=1S/C16H16N3.C16H15N2S.C14H10NOS.C13H8NOS.C13H8NS2.3C5H8O2.5Ir/c1-12-11-15(17-19(12)3)14-9-10-18(2)16(14)13-7-5-4-6-8-13;1-11-16(17-10-18(11)3)14-9-19-12(2)15(14)13-7-5-4-6-8-13;1-10-12(7-8-16-10)13-14(17-9-15-13)11-5-3-2-4-6-11;2*1-2-4-10(5-3-1)13-11(6-7-16-13)12-8-15-9-14-12;3*1-4(6)3-5(2)7;;;;;/h4-8,10-11H,1-3H3;4-8,10H,1-3H3;2-6,8-9H,1H3;2*1-5,7-9H;3*3,6H,1-2H3;;;;;/q5*-1;;;;;;;;. The third-order valence-corrected chi connectivity index (χ3v) is 19.5. The minimum absolute atomic E-state index is 0. The number of carbonyl (C=O) groups excluding carboxylic acids is 3. The number of ketones is 3. The van der Waals surface area contributed by atoms with Gasteiger partial charge in [-0.3, -0.25) is 40.4 Å². The van der Waals surface area contributed by atoms with Gasteiger partial charge in [-0.05, 0) is 108 Å². The van der Waals surface area contributed by atoms with Crippen molar-refractivity contribution in [3.63, 3.8) is 0 Å². The first-order chi connectivity index (χ1) is 52.0. The Morgan fingerprint density at radius 1 is 0.478 bits per heavy atom. The van der Waals surface area contributed by atoms with Crippen molar-refractivity contribution < 1.29 is 139 Å². The Labute approximate surface area is 748 Å². The van der Waals surface area contributed by atoms with Crippen molar-refractivity contribution in [3.8, 4) is 110 Å². The van der Waals surface area contributed by atoms with E-state index >= 15 is 0 Å². The molecule has 16 nitrogen and oxygen atoms in total. The normalized spacial score (nSPS) is 10.4. The van der Waals surface area contributed by atoms with Crippen molar-refractivity contribution in [2.75, 3.05) is 0 Å². The van der Waals surface area contributed by atoms with E-state index in [0.717, 1.165) is 78.3 Å². The van der Waals surface area contributed by atoms with E-state index in [9.17, 15) is 14.4 Å². The van der Waals surface area contributed by atoms with Gasteiger partial charge in [-0.2, -0.15) is 18.2 Å². The van der Waals surface area contributed by atoms with E-state index in [-0.39, 0.29) is 135 Å². The molecule has 0 aliphatic rings. The molecule has 0 atom stereocenters. The van der Waals surface area contributed by atoms with E-state index in [4.69, 9.17) is 24.2 Å². The van der Waals surface area contributed by atoms with Gasteiger partial charge >= 0.3 is 0 Å². The number of aliphatic hydroxyl groups is 3. The van der Waals surface area contributed by atoms with Gasteiger partial charge in [0.2, 0.25) is 0 Å². The Morgan fingerprint density at radius 3 is 1.35 bits per heavy atom. The van der Waals surface area contributed by atoms with Gasteiger partial charge in [0.05, 0.1) is 40.9 Å². The fourth-order valence-corrected chi connectivity index (χ4v) is 14.2. The van der Waals surface area contributed by atoms with Gasteiger partial charge in [0, 0.05) is 155 Å². The van der Waals surface area contributed by atoms with Crippen LogP contribution in [0.4, 0.5) is 0 Å². The number of allylic oxidation sites excluding steroid dienone is 6. The van der Waals surface area contributed by atoms with Gasteiger partial charge < -0.3 is 43.3 Å². The Kier molecular flexibility index (Phi) is 44.3. The quantitative estimate of drug-likeness (QED) is 0.0557. The zero-order chi connectivity index (χ0) is 77.7. The molecule has 0 aliphatic carbocycles. The van der Waals surface area contributed by atoms with Crippen molar-refractivity contribution >= 4 is 74.0 Å². The molecule has 5 aromatic carbocycles. The monoisotopic (exact) mass is 2490 g/mol. The number of furan rings is 1. The number of nitrogens with zero attached hydrogens (tertiary/aromatic N) is 8. The smallest absolute Gasteiger partial charge is 0.167 e. The third kappa shape index (κ3) is 30.0. The number of carbonyl (C=O) groups is 3. The first-order valence-electron chi connectivity index (χ1n) is 33.6. The summed E-state index contributed by atoms with van der Waals surface area (Å²) in [4.78, 5) is 52.4. The molecule has 0 bridgehead atoms. The first-order valence-corrected chi connectivity index (χ1v) is 38.0. The molecule has 0 saturated carbocycles. The molecule has 597 valence electrons. The second-order valence-corrected chi connectivity index (χ2v) is 28.3. The number of hydrogen-bond donors (Lipinski definition) is 3. The summed E-state index contributed by atoms with van der Waals surface area (Å²) in [7, 11) is 6.02. The van der Waals surface area contributed by atoms with Crippen LogP contribution in [0.1, 0.15) is 63.6 Å². The number of aromatic nitrogens is 8. The van der Waals surface area contributed by atoms with E-state index in [1.165, 1.54) is 120 Å². The van der Waals surface area contributed by atoms with Crippen LogP contribution < -0.4 is 0 Å². The maximum Gasteiger partial charge on any atom is 0.167 e. The molecule has 26 heteroatoms. The molecule has 3 N–H and O–H groups in total. The predicted octanol–water partition coefficient (Wildman–Crippen LogP) is 22.9. The summed E-state index contributed by atoms with van der Waals surface area (Å²) in [5.74, 6) is 0.667. The van der Waals surface area contributed by atoms with Gasteiger partial charge in [-0.25, -0.2) is 27.8 Å². The SMILES string of the molecule is CC(=O)C=C(C)O.CC(=O)C=C(C)O.CC(=O)C=C(C)O.Cc1cc(-c2[c-]cn(C)c2-c2ccccc2)nn1C.Cc1oc[c-]c1-c1ncsc1-c1ccccc1.Cc1s[c-]c(-c2ncn(C)c2C)c1-c1ccccc1.[Ir].[Ir].[Ir].[Ir].[Ir].[c-]1csc(-c2ccccc2)c1-c1cocn1.[c-]1csc(-c2ccccc2)c1-c1cscn1. The van der Waals surface area contributed by atoms with E-state index in [2.05, 4.69) is 189 Å². The Morgan fingerprint density at radius 2 is 0.956 bits per heavy atom. The maximum atomic E-state index is 10.0. The molecule has 0 saturated heterocycles. The molecule has 15 rings (SSSR count). The molecule has 113 heavy (non-hydrogen) atoms. The number of benzene rings is 5. The number of thiophene rings is 3. The molecule has 10 aromatic heterocycles. The Bertz CT molecular complexity index is 5170. The second kappa shape index (κ2) is 50.7. The summed E-state index contributed by atoms with van der Waals surface area (Å²) >= 11 is 8.29. The molecule has 0 aliphatic heterocycles. The number of aliphatic hydroxyl groups excluding tert-OH is 3. The van der Waals surface area contributed by atoms with E-state index < -0.39 is 0 Å². The number of rotatable bonds is 13. The maximum absolute atomic E-state index is 10.0. The first kappa shape index (κ1) is 98.7. The Balaban J connectivity index is 0.000000341. The summed E-state index contributed by atoms with van der Waals surface area (Å²) in [6.45, 7) is 16.8. The molecule has 15 aromatic rings. The van der Waals surface area contributed by atoms with Crippen LogP contribution in [0, 0.1) is 57.3 Å². The summed E-state index contributed by atoms with van der Waals surface area (Å²) in [5.41, 5.74) is 24.5.